The molecule has 0 fully saturated rings. The predicted octanol–water partition coefficient (Wildman–Crippen LogP) is 4.04. The van der Waals surface area contributed by atoms with Gasteiger partial charge in [0.1, 0.15) is 23.9 Å². The minimum Gasteiger partial charge on any atom is -0.497 e. The van der Waals surface area contributed by atoms with Crippen molar-refractivity contribution in [2.45, 2.75) is 6.61 Å². The van der Waals surface area contributed by atoms with Crippen molar-refractivity contribution in [1.82, 2.24) is 0 Å². The Hall–Kier alpha value is -2.38. The van der Waals surface area contributed by atoms with Crippen molar-refractivity contribution in [3.63, 3.8) is 0 Å². The second kappa shape index (κ2) is 7.94. The van der Waals surface area contributed by atoms with Crippen LogP contribution >= 0.6 is 8.58 Å². The molecule has 122 valence electrons. The van der Waals surface area contributed by atoms with Crippen LogP contribution in [0.25, 0.3) is 0 Å². The molecule has 0 N–H and O–H groups in total. The summed E-state index contributed by atoms with van der Waals surface area (Å²) in [4.78, 5) is 0. The summed E-state index contributed by atoms with van der Waals surface area (Å²) in [5.41, 5.74) is 1.09. The number of halogens is 1. The molecule has 0 aliphatic heterocycles. The Balaban J connectivity index is 1.84. The van der Waals surface area contributed by atoms with E-state index in [2.05, 4.69) is 0 Å². The van der Waals surface area contributed by atoms with Crippen molar-refractivity contribution in [3.05, 3.63) is 84.2 Å². The molecule has 0 aliphatic rings. The molecule has 0 spiro atoms. The lowest BCUT2D eigenvalue weighted by molar-refractivity contribution is 0.308. The van der Waals surface area contributed by atoms with E-state index >= 15 is 0 Å². The van der Waals surface area contributed by atoms with Gasteiger partial charge in [-0.2, -0.15) is 0 Å². The molecule has 24 heavy (non-hydrogen) atoms. The van der Waals surface area contributed by atoms with Crippen molar-refractivity contribution in [1.29, 1.82) is 0 Å². The number of benzene rings is 3. The van der Waals surface area contributed by atoms with Crippen LogP contribution in [-0.4, -0.2) is 7.11 Å². The Bertz CT molecular complexity index is 806. The molecule has 3 aromatic carbocycles. The first-order chi connectivity index (χ1) is 11.8. The zero-order valence-electron chi connectivity index (χ0n) is 13.3. The topological polar surface area (TPSA) is 18.5 Å². The van der Waals surface area contributed by atoms with E-state index in [4.69, 9.17) is 9.47 Å². The molecule has 0 aliphatic carbocycles. The first-order valence-corrected chi connectivity index (χ1v) is 8.62. The van der Waals surface area contributed by atoms with Crippen LogP contribution < -0.4 is 20.1 Å². The minimum absolute atomic E-state index is 0.161. The molecule has 3 aromatic rings. The summed E-state index contributed by atoms with van der Waals surface area (Å²) in [5.74, 6) is 1.29. The standard InChI is InChI=1S/C20H18FO2P/c1-22-16-11-12-18(23-14-15-7-3-2-4-8-15)20(13-16)24-19-10-6-5-9-17(19)21/h2-13,24H,14H2,1H3. The van der Waals surface area contributed by atoms with Crippen molar-refractivity contribution >= 4 is 19.2 Å². The van der Waals surface area contributed by atoms with E-state index in [1.54, 1.807) is 19.2 Å². The monoisotopic (exact) mass is 340 g/mol. The van der Waals surface area contributed by atoms with Gasteiger partial charge in [-0.15, -0.1) is 0 Å². The zero-order chi connectivity index (χ0) is 16.8. The maximum atomic E-state index is 14.0. The van der Waals surface area contributed by atoms with Crippen LogP contribution in [0.15, 0.2) is 72.8 Å². The van der Waals surface area contributed by atoms with E-state index in [0.717, 1.165) is 22.4 Å². The fourth-order valence-corrected chi connectivity index (χ4v) is 3.47. The van der Waals surface area contributed by atoms with Crippen molar-refractivity contribution in [2.75, 3.05) is 7.11 Å². The molecule has 0 saturated heterocycles. The summed E-state index contributed by atoms with van der Waals surface area (Å²) in [6, 6.07) is 22.4. The first kappa shape index (κ1) is 16.5. The lowest BCUT2D eigenvalue weighted by Gasteiger charge is -2.13. The highest BCUT2D eigenvalue weighted by atomic mass is 31.1. The van der Waals surface area contributed by atoms with Gasteiger partial charge in [0.25, 0.3) is 0 Å². The van der Waals surface area contributed by atoms with E-state index in [0.29, 0.717) is 11.9 Å². The Kier molecular flexibility index (Phi) is 5.45. The summed E-state index contributed by atoms with van der Waals surface area (Å²) in [6.45, 7) is 0.474. The fraction of sp³-hybridized carbons (Fsp3) is 0.100. The molecule has 0 amide bonds. The summed E-state index contributed by atoms with van der Waals surface area (Å²) in [5, 5.41) is 1.59. The lowest BCUT2D eigenvalue weighted by Crippen LogP contribution is -2.11. The van der Waals surface area contributed by atoms with Gasteiger partial charge in [0.15, 0.2) is 0 Å². The van der Waals surface area contributed by atoms with E-state index in [-0.39, 0.29) is 14.4 Å². The highest BCUT2D eigenvalue weighted by molar-refractivity contribution is 7.55. The third-order valence-corrected chi connectivity index (χ3v) is 4.90. The third kappa shape index (κ3) is 4.12. The fourth-order valence-electron chi connectivity index (χ4n) is 2.30. The lowest BCUT2D eigenvalue weighted by atomic mass is 10.2. The number of hydrogen-bond acceptors (Lipinski definition) is 2. The van der Waals surface area contributed by atoms with Gasteiger partial charge in [-0.05, 0) is 29.8 Å². The van der Waals surface area contributed by atoms with Crippen LogP contribution in [0.1, 0.15) is 5.56 Å². The average Bonchev–Trinajstić information content (AvgIpc) is 2.63. The molecule has 0 aromatic heterocycles. The predicted molar refractivity (Wildman–Crippen MR) is 97.8 cm³/mol. The molecule has 1 atom stereocenters. The van der Waals surface area contributed by atoms with E-state index in [1.165, 1.54) is 6.07 Å². The van der Waals surface area contributed by atoms with Gasteiger partial charge in [-0.3, -0.25) is 0 Å². The number of ether oxygens (including phenoxy) is 2. The molecule has 1 unspecified atom stereocenters. The van der Waals surface area contributed by atoms with Crippen LogP contribution in [0.4, 0.5) is 4.39 Å². The Labute approximate surface area is 143 Å². The maximum Gasteiger partial charge on any atom is 0.130 e. The largest absolute Gasteiger partial charge is 0.497 e. The number of methoxy groups -OCH3 is 1. The van der Waals surface area contributed by atoms with E-state index < -0.39 is 0 Å². The number of rotatable bonds is 6. The third-order valence-electron chi connectivity index (χ3n) is 3.57. The molecule has 0 radical (unpaired) electrons. The molecule has 0 saturated carbocycles. The van der Waals surface area contributed by atoms with Crippen LogP contribution in [0.5, 0.6) is 11.5 Å². The number of hydrogen-bond donors (Lipinski definition) is 0. The van der Waals surface area contributed by atoms with Gasteiger partial charge in [0, 0.05) is 10.6 Å². The van der Waals surface area contributed by atoms with Gasteiger partial charge in [0.05, 0.1) is 7.11 Å². The highest BCUT2D eigenvalue weighted by Crippen LogP contribution is 2.25. The first-order valence-electron chi connectivity index (χ1n) is 7.62. The molecular weight excluding hydrogens is 322 g/mol. The minimum atomic E-state index is -0.201. The van der Waals surface area contributed by atoms with Gasteiger partial charge in [0.2, 0.25) is 0 Å². The van der Waals surface area contributed by atoms with Gasteiger partial charge in [-0.1, -0.05) is 57.1 Å². The SMILES string of the molecule is COc1ccc(OCc2ccccc2)c(Pc2ccccc2F)c1. The Morgan fingerprint density at radius 1 is 0.875 bits per heavy atom. The molecular formula is C20H18FO2P. The van der Waals surface area contributed by atoms with Crippen LogP contribution in [0.3, 0.4) is 0 Å². The van der Waals surface area contributed by atoms with Gasteiger partial charge in [-0.25, -0.2) is 4.39 Å². The normalized spacial score (nSPS) is 10.9. The van der Waals surface area contributed by atoms with Crippen LogP contribution in [0, 0.1) is 5.82 Å². The van der Waals surface area contributed by atoms with Crippen molar-refractivity contribution in [3.8, 4) is 11.5 Å². The maximum absolute atomic E-state index is 14.0. The quantitative estimate of drug-likeness (QED) is 0.631. The van der Waals surface area contributed by atoms with Crippen molar-refractivity contribution < 1.29 is 13.9 Å². The van der Waals surface area contributed by atoms with Gasteiger partial charge >= 0.3 is 0 Å². The Morgan fingerprint density at radius 3 is 2.38 bits per heavy atom. The highest BCUT2D eigenvalue weighted by Gasteiger charge is 2.10. The molecule has 2 nitrogen and oxygen atoms in total. The summed E-state index contributed by atoms with van der Waals surface area (Å²) < 4.78 is 25.2. The molecule has 4 heteroatoms. The summed E-state index contributed by atoms with van der Waals surface area (Å²) >= 11 is 0. The van der Waals surface area contributed by atoms with Crippen molar-refractivity contribution in [2.24, 2.45) is 0 Å². The van der Waals surface area contributed by atoms with Crippen LogP contribution in [-0.2, 0) is 6.61 Å². The second-order valence-electron chi connectivity index (χ2n) is 5.24. The van der Waals surface area contributed by atoms with E-state index in [9.17, 15) is 4.39 Å². The van der Waals surface area contributed by atoms with E-state index in [1.807, 2.05) is 54.6 Å². The second-order valence-corrected chi connectivity index (χ2v) is 6.57. The average molecular weight is 340 g/mol. The molecule has 0 heterocycles. The van der Waals surface area contributed by atoms with Crippen LogP contribution in [0.2, 0.25) is 0 Å². The smallest absolute Gasteiger partial charge is 0.130 e. The molecule has 3 rings (SSSR count). The summed E-state index contributed by atoms with van der Waals surface area (Å²) in [7, 11) is 1.78. The summed E-state index contributed by atoms with van der Waals surface area (Å²) in [6.07, 6.45) is 0. The zero-order valence-corrected chi connectivity index (χ0v) is 14.3. The Morgan fingerprint density at radius 2 is 1.62 bits per heavy atom. The van der Waals surface area contributed by atoms with Gasteiger partial charge < -0.3 is 9.47 Å². The molecule has 0 bridgehead atoms.